The number of carbonyl (C=O) groups is 3. The molecule has 2 aliphatic heterocycles. The van der Waals surface area contributed by atoms with Gasteiger partial charge in [0.1, 0.15) is 31.0 Å². The van der Waals surface area contributed by atoms with Crippen molar-refractivity contribution >= 4 is 17.7 Å². The number of hydrogen-bond acceptors (Lipinski definition) is 10. The van der Waals surface area contributed by atoms with E-state index in [-0.39, 0.29) is 24.5 Å². The fourth-order valence-electron chi connectivity index (χ4n) is 5.05. The number of aliphatic hydroxyl groups excluding tert-OH is 4. The van der Waals surface area contributed by atoms with Crippen molar-refractivity contribution in [2.75, 3.05) is 32.9 Å². The van der Waals surface area contributed by atoms with Crippen LogP contribution in [0.3, 0.4) is 0 Å². The second kappa shape index (κ2) is 19.6. The van der Waals surface area contributed by atoms with E-state index in [1.54, 1.807) is 17.1 Å². The SMILES string of the molecule is C=C/C=C/OC[C@@H]1C[C@@H](O)CN1C(=O)CCCCCNC(=O)CCCCCOC1OC(CO)C(O)C(O)C1NC(C)=O. The average Bonchev–Trinajstić information content (AvgIpc) is 3.34. The predicted molar refractivity (Wildman–Crippen MR) is 153 cm³/mol. The third kappa shape index (κ3) is 12.4. The number of amides is 3. The molecule has 0 aromatic rings. The number of hydrogen-bond donors (Lipinski definition) is 6. The lowest BCUT2D eigenvalue weighted by Gasteiger charge is -2.42. The molecule has 0 aliphatic carbocycles. The zero-order valence-corrected chi connectivity index (χ0v) is 24.6. The maximum absolute atomic E-state index is 12.6. The Bertz CT molecular complexity index is 873. The first-order chi connectivity index (χ1) is 20.2. The Morgan fingerprint density at radius 3 is 2.50 bits per heavy atom. The number of nitrogens with zero attached hydrogens (tertiary/aromatic N) is 1. The van der Waals surface area contributed by atoms with Crippen molar-refractivity contribution in [3.63, 3.8) is 0 Å². The Morgan fingerprint density at radius 1 is 1.05 bits per heavy atom. The Kier molecular flexibility index (Phi) is 16.6. The Balaban J connectivity index is 1.53. The minimum atomic E-state index is -1.36. The summed E-state index contributed by atoms with van der Waals surface area (Å²) >= 11 is 0. The van der Waals surface area contributed by atoms with Gasteiger partial charge in [-0.2, -0.15) is 0 Å². The molecular formula is C29H49N3O10. The topological polar surface area (TPSA) is 187 Å². The molecule has 2 rings (SSSR count). The van der Waals surface area contributed by atoms with Crippen LogP contribution >= 0.6 is 0 Å². The highest BCUT2D eigenvalue weighted by atomic mass is 16.7. The minimum Gasteiger partial charge on any atom is -0.499 e. The highest BCUT2D eigenvalue weighted by Crippen LogP contribution is 2.23. The molecule has 0 radical (unpaired) electrons. The lowest BCUT2D eigenvalue weighted by atomic mass is 9.97. The highest BCUT2D eigenvalue weighted by Gasteiger charge is 2.45. The monoisotopic (exact) mass is 599 g/mol. The van der Waals surface area contributed by atoms with Gasteiger partial charge in [-0.1, -0.05) is 25.5 Å². The lowest BCUT2D eigenvalue weighted by molar-refractivity contribution is -0.270. The standard InChI is InChI=1S/C29H49N3O10/c1-3-4-14-40-19-21-16-22(35)17-32(21)25(37)12-8-5-9-13-30-24(36)11-7-6-10-15-41-29-26(31-20(2)34)28(39)27(38)23(18-33)42-29/h3-4,14,21-23,26-29,33,35,38-39H,1,5-13,15-19H2,2H3,(H,30,36)(H,31,34)/b14-4+/t21-,22+,23?,26?,27?,28?,29?/m0/s1. The summed E-state index contributed by atoms with van der Waals surface area (Å²) in [5.41, 5.74) is 0. The van der Waals surface area contributed by atoms with Crippen LogP contribution in [0.4, 0.5) is 0 Å². The molecule has 0 aromatic carbocycles. The van der Waals surface area contributed by atoms with E-state index < -0.39 is 49.3 Å². The van der Waals surface area contributed by atoms with Crippen molar-refractivity contribution in [3.05, 3.63) is 25.0 Å². The number of unbranched alkanes of at least 4 members (excludes halogenated alkanes) is 4. The zero-order valence-electron chi connectivity index (χ0n) is 24.6. The van der Waals surface area contributed by atoms with Gasteiger partial charge in [-0.25, -0.2) is 0 Å². The smallest absolute Gasteiger partial charge is 0.223 e. The maximum atomic E-state index is 12.6. The molecule has 6 N–H and O–H groups in total. The summed E-state index contributed by atoms with van der Waals surface area (Å²) in [5.74, 6) is -0.458. The summed E-state index contributed by atoms with van der Waals surface area (Å²) in [5, 5.41) is 45.1. The van der Waals surface area contributed by atoms with Gasteiger partial charge in [0.25, 0.3) is 0 Å². The fourth-order valence-corrected chi connectivity index (χ4v) is 5.05. The number of rotatable bonds is 19. The first-order valence-corrected chi connectivity index (χ1v) is 14.8. The third-order valence-corrected chi connectivity index (χ3v) is 7.28. The minimum absolute atomic E-state index is 0.00327. The van der Waals surface area contributed by atoms with Gasteiger partial charge in [-0.3, -0.25) is 14.4 Å². The van der Waals surface area contributed by atoms with Crippen LogP contribution < -0.4 is 10.6 Å². The molecule has 2 fully saturated rings. The Hall–Kier alpha value is -2.55. The summed E-state index contributed by atoms with van der Waals surface area (Å²) in [6.45, 7) is 5.79. The molecule has 240 valence electrons. The van der Waals surface area contributed by atoms with Crippen molar-refractivity contribution in [1.29, 1.82) is 0 Å². The average molecular weight is 600 g/mol. The largest absolute Gasteiger partial charge is 0.499 e. The normalized spacial score (nSPS) is 27.6. The van der Waals surface area contributed by atoms with Crippen LogP contribution in [0.2, 0.25) is 0 Å². The Morgan fingerprint density at radius 2 is 1.79 bits per heavy atom. The molecule has 0 saturated carbocycles. The number of likely N-dealkylation sites (tertiary alicyclic amines) is 1. The van der Waals surface area contributed by atoms with Crippen LogP contribution in [0, 0.1) is 0 Å². The summed E-state index contributed by atoms with van der Waals surface area (Å²) in [7, 11) is 0. The van der Waals surface area contributed by atoms with Crippen LogP contribution in [0.15, 0.2) is 25.0 Å². The van der Waals surface area contributed by atoms with Crippen LogP contribution in [0.1, 0.15) is 64.7 Å². The molecule has 13 heteroatoms. The fraction of sp³-hybridized carbons (Fsp3) is 0.759. The molecule has 13 nitrogen and oxygen atoms in total. The van der Waals surface area contributed by atoms with Crippen molar-refractivity contribution in [3.8, 4) is 0 Å². The van der Waals surface area contributed by atoms with Crippen LogP contribution in [-0.4, -0.2) is 119 Å². The quantitative estimate of drug-likeness (QED) is 0.0663. The van der Waals surface area contributed by atoms with Crippen LogP contribution in [0.5, 0.6) is 0 Å². The second-order valence-corrected chi connectivity index (χ2v) is 10.8. The van der Waals surface area contributed by atoms with Crippen molar-refractivity contribution in [1.82, 2.24) is 15.5 Å². The number of nitrogens with one attached hydrogen (secondary N) is 2. The summed E-state index contributed by atoms with van der Waals surface area (Å²) in [6, 6.07) is -1.12. The van der Waals surface area contributed by atoms with Gasteiger partial charge in [0, 0.05) is 39.5 Å². The summed E-state index contributed by atoms with van der Waals surface area (Å²) in [6.07, 6.45) is 5.00. The highest BCUT2D eigenvalue weighted by molar-refractivity contribution is 5.77. The van der Waals surface area contributed by atoms with Crippen LogP contribution in [0.25, 0.3) is 0 Å². The molecule has 42 heavy (non-hydrogen) atoms. The third-order valence-electron chi connectivity index (χ3n) is 7.28. The van der Waals surface area contributed by atoms with Crippen molar-refractivity contribution < 1.29 is 49.0 Å². The molecule has 0 spiro atoms. The molecule has 2 heterocycles. The molecule has 2 aliphatic rings. The number of aliphatic hydroxyl groups is 4. The summed E-state index contributed by atoms with van der Waals surface area (Å²) < 4.78 is 16.6. The number of ether oxygens (including phenoxy) is 3. The van der Waals surface area contributed by atoms with E-state index in [4.69, 9.17) is 14.2 Å². The molecular weight excluding hydrogens is 550 g/mol. The van der Waals surface area contributed by atoms with E-state index in [2.05, 4.69) is 17.2 Å². The molecule has 3 amide bonds. The van der Waals surface area contributed by atoms with Gasteiger partial charge in [-0.15, -0.1) is 0 Å². The van der Waals surface area contributed by atoms with Gasteiger partial charge < -0.3 is 50.2 Å². The van der Waals surface area contributed by atoms with Crippen LogP contribution in [-0.2, 0) is 28.6 Å². The van der Waals surface area contributed by atoms with E-state index >= 15 is 0 Å². The number of carbonyl (C=O) groups excluding carboxylic acids is 3. The molecule has 0 aromatic heterocycles. The van der Waals surface area contributed by atoms with Gasteiger partial charge in [-0.05, 0) is 38.2 Å². The van der Waals surface area contributed by atoms with Gasteiger partial charge in [0.15, 0.2) is 6.29 Å². The lowest BCUT2D eigenvalue weighted by Crippen LogP contribution is -2.64. The van der Waals surface area contributed by atoms with Gasteiger partial charge >= 0.3 is 0 Å². The van der Waals surface area contributed by atoms with E-state index in [0.717, 1.165) is 12.8 Å². The van der Waals surface area contributed by atoms with Crippen molar-refractivity contribution in [2.45, 2.75) is 108 Å². The number of allylic oxidation sites excluding steroid dienone is 2. The van der Waals surface area contributed by atoms with Gasteiger partial charge in [0.05, 0.1) is 25.0 Å². The van der Waals surface area contributed by atoms with E-state index in [0.29, 0.717) is 64.6 Å². The van der Waals surface area contributed by atoms with Crippen molar-refractivity contribution in [2.24, 2.45) is 0 Å². The zero-order chi connectivity index (χ0) is 30.9. The number of β-amino-alcohol motifs (C(OH)–C–C–N with tert-alkyl or cyclic N) is 1. The molecule has 0 bridgehead atoms. The molecule has 2 saturated heterocycles. The Labute approximate surface area is 247 Å². The maximum Gasteiger partial charge on any atom is 0.223 e. The predicted octanol–water partition coefficient (Wildman–Crippen LogP) is -0.138. The van der Waals surface area contributed by atoms with E-state index in [1.807, 2.05) is 0 Å². The molecule has 5 unspecified atom stereocenters. The first kappa shape index (κ1) is 35.6. The first-order valence-electron chi connectivity index (χ1n) is 14.8. The molecule has 7 atom stereocenters. The van der Waals surface area contributed by atoms with E-state index in [1.165, 1.54) is 13.2 Å². The van der Waals surface area contributed by atoms with E-state index in [9.17, 15) is 34.8 Å². The summed E-state index contributed by atoms with van der Waals surface area (Å²) in [4.78, 5) is 37.9. The van der Waals surface area contributed by atoms with Gasteiger partial charge in [0.2, 0.25) is 17.7 Å². The second-order valence-electron chi connectivity index (χ2n) is 10.8.